The third-order valence-electron chi connectivity index (χ3n) is 31.2. The summed E-state index contributed by atoms with van der Waals surface area (Å²) in [6.07, 6.45) is 39.2. The molecule has 9 saturated carbocycles. The van der Waals surface area contributed by atoms with Gasteiger partial charge in [-0.25, -0.2) is 0 Å². The second kappa shape index (κ2) is 32.6. The summed E-state index contributed by atoms with van der Waals surface area (Å²) in [6, 6.07) is 0. The van der Waals surface area contributed by atoms with Gasteiger partial charge in [0.2, 0.25) is 0 Å². The minimum atomic E-state index is -0.642. The highest BCUT2D eigenvalue weighted by atomic mass is 16.7. The predicted octanol–water partition coefficient (Wildman–Crippen LogP) is 16.0. The van der Waals surface area contributed by atoms with E-state index in [0.717, 1.165) is 175 Å². The lowest BCUT2D eigenvalue weighted by Gasteiger charge is -2.63. The SMILES string of the molecule is C=C1CCC2[C@]3(C)CO[C@@H](C4CCCC4)O[C@@H]3CC[C@@]2(C)[C@@H]1CC=O.C=C1CCC2[C@]3(C)CO[C@@H](C4CCCC4)O[C@@H]3CC[C@@]2(C)[C@@H]1CCN1CCC(C(=O)O)CC1.C=C1CCC2[C@]3(C)CO[C@@H](C4CCCC4)O[C@@H]3CC[C@@]2(C)[C@@H]1CCN1CCC(C(=O)O)CC1.O=C(O)C1CCNCC1. The van der Waals surface area contributed by atoms with E-state index in [2.05, 4.69) is 76.4 Å². The fourth-order valence-electron chi connectivity index (χ4n) is 25.1. The van der Waals surface area contributed by atoms with E-state index in [4.69, 9.17) is 33.5 Å². The van der Waals surface area contributed by atoms with E-state index in [1.165, 1.54) is 126 Å². The number of carboxylic acid groups (broad SMARTS) is 3. The molecule has 6 saturated heterocycles. The van der Waals surface area contributed by atoms with Crippen LogP contribution in [0.2, 0.25) is 0 Å². The molecule has 16 heteroatoms. The van der Waals surface area contributed by atoms with E-state index >= 15 is 0 Å². The molecular weight excluding hydrogens is 1260 g/mol. The zero-order valence-corrected chi connectivity index (χ0v) is 63.0. The number of nitrogens with one attached hydrogen (secondary N) is 1. The van der Waals surface area contributed by atoms with Crippen LogP contribution in [0.1, 0.15) is 253 Å². The van der Waals surface area contributed by atoms with Crippen LogP contribution in [0.15, 0.2) is 36.5 Å². The Morgan fingerprint density at radius 3 is 1.03 bits per heavy atom. The summed E-state index contributed by atoms with van der Waals surface area (Å²) in [5.41, 5.74) is 5.12. The maximum atomic E-state index is 11.3. The van der Waals surface area contributed by atoms with E-state index in [1.54, 1.807) is 0 Å². The molecule has 0 amide bonds. The van der Waals surface area contributed by atoms with Crippen molar-refractivity contribution in [3.63, 3.8) is 0 Å². The van der Waals surface area contributed by atoms with E-state index in [1.807, 2.05) is 0 Å². The normalized spacial score (nSPS) is 42.5. The van der Waals surface area contributed by atoms with Gasteiger partial charge >= 0.3 is 17.9 Å². The van der Waals surface area contributed by atoms with Crippen LogP contribution >= 0.6 is 0 Å². The molecule has 0 aromatic rings. The van der Waals surface area contributed by atoms with Crippen molar-refractivity contribution in [2.75, 3.05) is 72.2 Å². The predicted molar refractivity (Wildman–Crippen MR) is 389 cm³/mol. The Morgan fingerprint density at radius 2 is 0.730 bits per heavy atom. The van der Waals surface area contributed by atoms with Crippen molar-refractivity contribution in [3.05, 3.63) is 36.5 Å². The molecule has 6 aliphatic heterocycles. The summed E-state index contributed by atoms with van der Waals surface area (Å²) in [5, 5.41) is 30.2. The molecule has 100 heavy (non-hydrogen) atoms. The number of carbonyl (C=O) groups excluding carboxylic acids is 1. The second-order valence-electron chi connectivity index (χ2n) is 36.9. The Kier molecular flexibility index (Phi) is 24.9. The molecular formula is C84H135N3O13. The van der Waals surface area contributed by atoms with Crippen LogP contribution < -0.4 is 5.32 Å². The quantitative estimate of drug-likeness (QED) is 0.0944. The van der Waals surface area contributed by atoms with Crippen molar-refractivity contribution in [1.29, 1.82) is 0 Å². The van der Waals surface area contributed by atoms with Crippen LogP contribution in [-0.2, 0) is 47.6 Å². The summed E-state index contributed by atoms with van der Waals surface area (Å²) >= 11 is 0. The number of aldehydes is 1. The van der Waals surface area contributed by atoms with Crippen molar-refractivity contribution in [2.24, 2.45) is 104 Å². The number of carboxylic acids is 3. The zero-order chi connectivity index (χ0) is 70.8. The van der Waals surface area contributed by atoms with Crippen LogP contribution in [0, 0.1) is 104 Å². The molecule has 0 bridgehead atoms. The number of hydrogen-bond acceptors (Lipinski definition) is 13. The lowest BCUT2D eigenvalue weighted by Crippen LogP contribution is -2.62. The fraction of sp³-hybridized carbons (Fsp3) is 0.881. The zero-order valence-electron chi connectivity index (χ0n) is 63.0. The topological polar surface area (TPSA) is 203 Å². The Balaban J connectivity index is 0.000000135. The molecule has 15 rings (SSSR count). The first kappa shape index (κ1) is 76.6. The molecule has 9 aliphatic carbocycles. The van der Waals surface area contributed by atoms with Crippen LogP contribution in [0.25, 0.3) is 0 Å². The first-order valence-corrected chi connectivity index (χ1v) is 41.0. The number of rotatable bonds is 14. The van der Waals surface area contributed by atoms with Crippen molar-refractivity contribution in [3.8, 4) is 0 Å². The molecule has 0 aromatic heterocycles. The molecule has 564 valence electrons. The van der Waals surface area contributed by atoms with Gasteiger partial charge in [-0.3, -0.25) is 14.4 Å². The summed E-state index contributed by atoms with van der Waals surface area (Å²) in [4.78, 5) is 49.2. The monoisotopic (exact) mass is 1390 g/mol. The average molecular weight is 1400 g/mol. The van der Waals surface area contributed by atoms with Gasteiger partial charge in [0.1, 0.15) is 6.29 Å². The van der Waals surface area contributed by atoms with Gasteiger partial charge in [0, 0.05) is 40.4 Å². The van der Waals surface area contributed by atoms with Crippen LogP contribution in [0.5, 0.6) is 0 Å². The molecule has 3 unspecified atom stereocenters. The number of carbonyl (C=O) groups is 4. The number of likely N-dealkylation sites (tertiary alicyclic amines) is 2. The van der Waals surface area contributed by atoms with Crippen LogP contribution in [0.4, 0.5) is 0 Å². The largest absolute Gasteiger partial charge is 0.481 e. The van der Waals surface area contributed by atoms with Crippen molar-refractivity contribution >= 4 is 24.2 Å². The third kappa shape index (κ3) is 15.8. The van der Waals surface area contributed by atoms with E-state index in [-0.39, 0.29) is 69.1 Å². The lowest BCUT2D eigenvalue weighted by molar-refractivity contribution is -0.316. The fourth-order valence-corrected chi connectivity index (χ4v) is 25.1. The molecule has 15 fully saturated rings. The summed E-state index contributed by atoms with van der Waals surface area (Å²) in [6.45, 7) is 38.2. The molecule has 0 radical (unpaired) electrons. The number of aliphatic carboxylic acids is 3. The van der Waals surface area contributed by atoms with Crippen LogP contribution in [-0.4, -0.2) is 159 Å². The van der Waals surface area contributed by atoms with E-state index in [0.29, 0.717) is 78.0 Å². The minimum Gasteiger partial charge on any atom is -0.481 e. The Hall–Kier alpha value is -3.06. The highest BCUT2D eigenvalue weighted by Gasteiger charge is 2.64. The maximum Gasteiger partial charge on any atom is 0.306 e. The summed E-state index contributed by atoms with van der Waals surface area (Å²) < 4.78 is 39.3. The molecule has 18 atom stereocenters. The number of fused-ring (bicyclic) bond motifs is 9. The molecule has 0 spiro atoms. The first-order chi connectivity index (χ1) is 47.9. The smallest absolute Gasteiger partial charge is 0.306 e. The Labute approximate surface area is 602 Å². The third-order valence-corrected chi connectivity index (χ3v) is 31.2. The minimum absolute atomic E-state index is 0.0225. The van der Waals surface area contributed by atoms with Crippen molar-refractivity contribution in [1.82, 2.24) is 15.1 Å². The lowest BCUT2D eigenvalue weighted by atomic mass is 9.46. The Morgan fingerprint density at radius 1 is 0.430 bits per heavy atom. The van der Waals surface area contributed by atoms with E-state index < -0.39 is 17.9 Å². The Bertz CT molecular complexity index is 2690. The molecule has 16 nitrogen and oxygen atoms in total. The van der Waals surface area contributed by atoms with Gasteiger partial charge < -0.3 is 63.7 Å². The number of ether oxygens (including phenoxy) is 6. The van der Waals surface area contributed by atoms with Crippen LogP contribution in [0.3, 0.4) is 0 Å². The van der Waals surface area contributed by atoms with Crippen molar-refractivity contribution < 1.29 is 62.9 Å². The van der Waals surface area contributed by atoms with Crippen molar-refractivity contribution in [2.45, 2.75) is 291 Å². The highest BCUT2D eigenvalue weighted by Crippen LogP contribution is 2.67. The van der Waals surface area contributed by atoms with Gasteiger partial charge in [-0.05, 0) is 271 Å². The molecule has 4 N–H and O–H groups in total. The van der Waals surface area contributed by atoms with E-state index in [9.17, 15) is 29.4 Å². The second-order valence-corrected chi connectivity index (χ2v) is 36.9. The number of allylic oxidation sites excluding steroid dienone is 3. The van der Waals surface area contributed by atoms with Gasteiger partial charge in [-0.15, -0.1) is 0 Å². The average Bonchev–Trinajstić information content (AvgIpc) is 0.796. The number of hydrogen-bond donors (Lipinski definition) is 4. The van der Waals surface area contributed by atoms with Gasteiger partial charge in [0.25, 0.3) is 0 Å². The number of nitrogens with zero attached hydrogens (tertiary/aromatic N) is 2. The van der Waals surface area contributed by atoms with Gasteiger partial charge in [0.15, 0.2) is 18.9 Å². The maximum absolute atomic E-state index is 11.3. The summed E-state index contributed by atoms with van der Waals surface area (Å²) in [7, 11) is 0. The molecule has 6 heterocycles. The molecule has 15 aliphatic rings. The van der Waals surface area contributed by atoms with Gasteiger partial charge in [-0.1, -0.05) is 117 Å². The first-order valence-electron chi connectivity index (χ1n) is 41.0. The van der Waals surface area contributed by atoms with Gasteiger partial charge in [-0.2, -0.15) is 0 Å². The molecule has 0 aromatic carbocycles. The summed E-state index contributed by atoms with van der Waals surface area (Å²) in [5.74, 6) is 2.72. The number of piperidine rings is 3. The van der Waals surface area contributed by atoms with Gasteiger partial charge in [0.05, 0.1) is 55.9 Å². The highest BCUT2D eigenvalue weighted by molar-refractivity contribution is 5.70. The standard InChI is InChI=1S/2C28H45NO4.C22H34O3.C6H11NO2/c2*1-19-8-9-23-27(2,22(19)13-17-29-15-11-20(12-16-29)25(30)31)14-10-24-28(23,3)18-32-26(33-24)21-6-4-5-7-21;1-15-8-9-18-21(2,17(15)11-13-23)12-10-19-22(18,3)14-24-20(25-19)16-6-4-5-7-16;8-6(9)5-1-3-7-4-2-5/h2*20-24,26H,1,4-18H2,2-3H3,(H,30,31);13,16-20H,1,4-12,14H2,2-3H3;5,7H,1-4H2,(H,8,9)/t2*22-,23?,24-,26-,27+,28+;17-,18?,19-,20-,21+,22+;/m111./s1.